The number of benzene rings is 2. The molecule has 2 aromatic carbocycles. The van der Waals surface area contributed by atoms with E-state index >= 15 is 0 Å². The van der Waals surface area contributed by atoms with E-state index in [9.17, 15) is 18.0 Å². The second-order valence-electron chi connectivity index (χ2n) is 5.54. The van der Waals surface area contributed by atoms with Crippen molar-refractivity contribution in [1.29, 1.82) is 0 Å². The van der Waals surface area contributed by atoms with Gasteiger partial charge in [0.2, 0.25) is 0 Å². The molecule has 0 aromatic heterocycles. The minimum absolute atomic E-state index is 0.383. The zero-order valence-electron chi connectivity index (χ0n) is 13.7. The van der Waals surface area contributed by atoms with E-state index in [-0.39, 0.29) is 0 Å². The van der Waals surface area contributed by atoms with E-state index in [1.807, 2.05) is 6.07 Å². The van der Waals surface area contributed by atoms with Crippen LogP contribution in [0.3, 0.4) is 0 Å². The normalized spacial score (nSPS) is 12.7. The molecular weight excluding hydrogens is 355 g/mol. The maximum absolute atomic E-state index is 13.1. The smallest absolute Gasteiger partial charge is 0.274 e. The fourth-order valence-electron chi connectivity index (χ4n) is 2.59. The van der Waals surface area contributed by atoms with Crippen LogP contribution < -0.4 is 0 Å². The molecule has 0 heterocycles. The third kappa shape index (κ3) is 4.74. The van der Waals surface area contributed by atoms with Crippen LogP contribution in [0.1, 0.15) is 28.4 Å². The fourth-order valence-corrected chi connectivity index (χ4v) is 2.80. The molecule has 0 aliphatic rings. The largest absolute Gasteiger partial charge is 0.417 e. The number of carbonyl (C=O) groups excluding carboxylic acids is 1. The Hall–Kier alpha value is -2.05. The molecule has 134 valence electrons. The number of halogens is 4. The zero-order valence-corrected chi connectivity index (χ0v) is 14.4. The third-order valence-corrected chi connectivity index (χ3v) is 3.92. The van der Waals surface area contributed by atoms with Crippen LogP contribution >= 0.6 is 11.6 Å². The lowest BCUT2D eigenvalue weighted by Crippen LogP contribution is -2.39. The Morgan fingerprint density at radius 1 is 1.20 bits per heavy atom. The predicted molar refractivity (Wildman–Crippen MR) is 89.2 cm³/mol. The first-order chi connectivity index (χ1) is 11.7. The number of hydrogen-bond acceptors (Lipinski definition) is 2. The van der Waals surface area contributed by atoms with Gasteiger partial charge >= 0.3 is 6.18 Å². The summed E-state index contributed by atoms with van der Waals surface area (Å²) >= 11 is 5.93. The van der Waals surface area contributed by atoms with Gasteiger partial charge in [0.15, 0.2) is 0 Å². The summed E-state index contributed by atoms with van der Waals surface area (Å²) in [5.41, 5.74) is -0.592. The first kappa shape index (κ1) is 19.3. The molecule has 0 N–H and O–H groups in total. The Bertz CT molecular complexity index is 749. The van der Waals surface area contributed by atoms with Gasteiger partial charge in [-0.15, -0.1) is 0 Å². The minimum atomic E-state index is -4.62. The summed E-state index contributed by atoms with van der Waals surface area (Å²) in [6.07, 6.45) is -4.24. The molecular formula is C18H17ClF3NO2. The van der Waals surface area contributed by atoms with Gasteiger partial charge in [-0.3, -0.25) is 9.63 Å². The molecule has 0 aliphatic heterocycles. The van der Waals surface area contributed by atoms with Crippen molar-refractivity contribution in [2.75, 3.05) is 7.11 Å². The number of hydroxylamine groups is 2. The Balaban J connectivity index is 2.27. The number of alkyl halides is 3. The summed E-state index contributed by atoms with van der Waals surface area (Å²) in [5, 5.41) is 1.49. The second kappa shape index (κ2) is 7.89. The van der Waals surface area contributed by atoms with Crippen LogP contribution in [0.15, 0.2) is 48.5 Å². The van der Waals surface area contributed by atoms with E-state index in [1.54, 1.807) is 25.1 Å². The number of amides is 1. The highest BCUT2D eigenvalue weighted by Gasteiger charge is 2.36. The van der Waals surface area contributed by atoms with Gasteiger partial charge in [0.05, 0.1) is 24.3 Å². The van der Waals surface area contributed by atoms with Crippen LogP contribution in [0, 0.1) is 0 Å². The first-order valence-corrected chi connectivity index (χ1v) is 7.90. The van der Waals surface area contributed by atoms with Gasteiger partial charge in [0, 0.05) is 5.02 Å². The first-order valence-electron chi connectivity index (χ1n) is 7.52. The number of rotatable bonds is 5. The van der Waals surface area contributed by atoms with Gasteiger partial charge in [-0.2, -0.15) is 13.2 Å². The molecule has 25 heavy (non-hydrogen) atoms. The van der Waals surface area contributed by atoms with Crippen molar-refractivity contribution in [2.24, 2.45) is 0 Å². The van der Waals surface area contributed by atoms with Gasteiger partial charge in [-0.25, -0.2) is 5.06 Å². The van der Waals surface area contributed by atoms with Crippen LogP contribution in [0.2, 0.25) is 5.02 Å². The van der Waals surface area contributed by atoms with Gasteiger partial charge in [-0.05, 0) is 43.2 Å². The second-order valence-corrected chi connectivity index (χ2v) is 5.98. The predicted octanol–water partition coefficient (Wildman–Crippen LogP) is 4.99. The van der Waals surface area contributed by atoms with Crippen molar-refractivity contribution >= 4 is 17.5 Å². The Morgan fingerprint density at radius 2 is 1.88 bits per heavy atom. The molecule has 2 rings (SSSR count). The fraction of sp³-hybridized carbons (Fsp3) is 0.278. The van der Waals surface area contributed by atoms with E-state index in [1.165, 1.54) is 19.2 Å². The number of carbonyl (C=O) groups is 1. The minimum Gasteiger partial charge on any atom is -0.274 e. The maximum atomic E-state index is 13.1. The highest BCUT2D eigenvalue weighted by atomic mass is 35.5. The van der Waals surface area contributed by atoms with Crippen molar-refractivity contribution < 1.29 is 22.8 Å². The van der Waals surface area contributed by atoms with Crippen LogP contribution in [-0.2, 0) is 17.4 Å². The van der Waals surface area contributed by atoms with Gasteiger partial charge in [-0.1, -0.05) is 35.9 Å². The average molecular weight is 372 g/mol. The van der Waals surface area contributed by atoms with Gasteiger partial charge < -0.3 is 0 Å². The molecule has 1 atom stereocenters. The topological polar surface area (TPSA) is 29.5 Å². The highest BCUT2D eigenvalue weighted by molar-refractivity contribution is 6.30. The van der Waals surface area contributed by atoms with Crippen molar-refractivity contribution in [2.45, 2.75) is 25.6 Å². The maximum Gasteiger partial charge on any atom is 0.417 e. The zero-order chi connectivity index (χ0) is 18.6. The van der Waals surface area contributed by atoms with E-state index in [2.05, 4.69) is 0 Å². The Labute approximate surface area is 148 Å². The lowest BCUT2D eigenvalue weighted by molar-refractivity contribution is -0.140. The molecule has 2 aromatic rings. The van der Waals surface area contributed by atoms with Crippen LogP contribution in [-0.4, -0.2) is 24.1 Å². The number of nitrogens with zero attached hydrogens (tertiary/aromatic N) is 1. The van der Waals surface area contributed by atoms with E-state index < -0.39 is 29.3 Å². The molecule has 3 nitrogen and oxygen atoms in total. The SMILES string of the molecule is CON(C(=O)c1ccccc1C(F)(F)F)[C@@H](C)Cc1cccc(Cl)c1. The molecule has 0 saturated carbocycles. The summed E-state index contributed by atoms with van der Waals surface area (Å²) in [5.74, 6) is -0.843. The van der Waals surface area contributed by atoms with Crippen LogP contribution in [0.5, 0.6) is 0 Å². The summed E-state index contributed by atoms with van der Waals surface area (Å²) in [7, 11) is 1.25. The summed E-state index contributed by atoms with van der Waals surface area (Å²) in [4.78, 5) is 17.7. The molecule has 0 radical (unpaired) electrons. The summed E-state index contributed by atoms with van der Waals surface area (Å²) in [6, 6.07) is 11.2. The third-order valence-electron chi connectivity index (χ3n) is 3.68. The van der Waals surface area contributed by atoms with Crippen LogP contribution in [0.25, 0.3) is 0 Å². The average Bonchev–Trinajstić information content (AvgIpc) is 2.54. The molecule has 0 saturated heterocycles. The molecule has 0 spiro atoms. The molecule has 1 amide bonds. The Morgan fingerprint density at radius 3 is 2.48 bits per heavy atom. The van der Waals surface area contributed by atoms with Gasteiger partial charge in [0.25, 0.3) is 5.91 Å². The van der Waals surface area contributed by atoms with Gasteiger partial charge in [0.1, 0.15) is 0 Å². The lowest BCUT2D eigenvalue weighted by atomic mass is 10.0. The highest BCUT2D eigenvalue weighted by Crippen LogP contribution is 2.32. The van der Waals surface area contributed by atoms with E-state index in [0.29, 0.717) is 11.4 Å². The molecule has 0 bridgehead atoms. The van der Waals surface area contributed by atoms with Crippen LogP contribution in [0.4, 0.5) is 13.2 Å². The van der Waals surface area contributed by atoms with E-state index in [4.69, 9.17) is 16.4 Å². The van der Waals surface area contributed by atoms with Crippen molar-refractivity contribution in [1.82, 2.24) is 5.06 Å². The van der Waals surface area contributed by atoms with Crippen molar-refractivity contribution in [3.63, 3.8) is 0 Å². The van der Waals surface area contributed by atoms with Crippen molar-refractivity contribution in [3.05, 3.63) is 70.2 Å². The summed E-state index contributed by atoms with van der Waals surface area (Å²) < 4.78 is 39.4. The quantitative estimate of drug-likeness (QED) is 0.693. The number of hydrogen-bond donors (Lipinski definition) is 0. The standard InChI is InChI=1S/C18H17ClF3NO2/c1-12(10-13-6-5-7-14(19)11-13)23(25-2)17(24)15-8-3-4-9-16(15)18(20,21)22/h3-9,11-12H,10H2,1-2H3/t12-/m0/s1. The molecule has 0 fully saturated rings. The summed E-state index contributed by atoms with van der Waals surface area (Å²) in [6.45, 7) is 1.69. The van der Waals surface area contributed by atoms with E-state index in [0.717, 1.165) is 22.8 Å². The molecule has 7 heteroatoms. The molecule has 0 unspecified atom stereocenters. The lowest BCUT2D eigenvalue weighted by Gasteiger charge is -2.27. The monoisotopic (exact) mass is 371 g/mol. The molecule has 0 aliphatic carbocycles. The van der Waals surface area contributed by atoms with Crippen molar-refractivity contribution in [3.8, 4) is 0 Å². The Kier molecular flexibility index (Phi) is 6.08.